The summed E-state index contributed by atoms with van der Waals surface area (Å²) in [4.78, 5) is 29.8. The van der Waals surface area contributed by atoms with Crippen molar-refractivity contribution in [2.24, 2.45) is 0 Å². The topological polar surface area (TPSA) is 151 Å². The van der Waals surface area contributed by atoms with Gasteiger partial charge in [0.1, 0.15) is 5.82 Å². The highest BCUT2D eigenvalue weighted by molar-refractivity contribution is 5.66. The number of nitrogen functional groups attached to an aromatic ring is 1. The molecule has 3 aromatic heterocycles. The number of rotatable bonds is 11. The lowest BCUT2D eigenvalue weighted by atomic mass is 10.2. The van der Waals surface area contributed by atoms with Crippen LogP contribution in [-0.4, -0.2) is 93.5 Å². The third-order valence-electron chi connectivity index (χ3n) is 6.56. The van der Waals surface area contributed by atoms with Gasteiger partial charge in [0.25, 0.3) is 5.78 Å². The Bertz CT molecular complexity index is 1470. The summed E-state index contributed by atoms with van der Waals surface area (Å²) < 4.78 is 40.9. The second kappa shape index (κ2) is 11.7. The number of ether oxygens (including phenoxy) is 1. The average Bonchev–Trinajstić information content (AvgIpc) is 3.61. The van der Waals surface area contributed by atoms with Crippen LogP contribution in [0.1, 0.15) is 12.8 Å². The first kappa shape index (κ1) is 27.1. The fraction of sp³-hybridized carbons (Fsp3) is 0.400. The summed E-state index contributed by atoms with van der Waals surface area (Å²) in [5, 5.41) is 13.0. The molecule has 1 fully saturated rings. The van der Waals surface area contributed by atoms with Crippen LogP contribution >= 0.6 is 0 Å². The van der Waals surface area contributed by atoms with Crippen molar-refractivity contribution in [1.82, 2.24) is 29.5 Å². The molecule has 4 heterocycles. The van der Waals surface area contributed by atoms with E-state index >= 15 is 0 Å². The normalized spacial score (nSPS) is 14.1. The fourth-order valence-electron chi connectivity index (χ4n) is 4.36. The Morgan fingerprint density at radius 2 is 1.98 bits per heavy atom. The summed E-state index contributed by atoms with van der Waals surface area (Å²) in [5.41, 5.74) is 6.35. The quantitative estimate of drug-likeness (QED) is 0.260. The molecule has 212 valence electrons. The molecule has 40 heavy (non-hydrogen) atoms. The minimum Gasteiger partial charge on any atom is -0.490 e. The van der Waals surface area contributed by atoms with Crippen molar-refractivity contribution in [3.63, 3.8) is 0 Å². The molecule has 15 heteroatoms. The Labute approximate surface area is 227 Å². The molecule has 3 N–H and O–H groups in total. The van der Waals surface area contributed by atoms with E-state index in [1.54, 1.807) is 12.1 Å². The highest BCUT2D eigenvalue weighted by Gasteiger charge is 2.23. The van der Waals surface area contributed by atoms with Crippen LogP contribution < -0.4 is 20.3 Å². The molecule has 13 nitrogen and oxygen atoms in total. The van der Waals surface area contributed by atoms with Gasteiger partial charge >= 0.3 is 5.97 Å². The molecule has 1 aliphatic rings. The van der Waals surface area contributed by atoms with E-state index in [0.29, 0.717) is 62.6 Å². The predicted molar refractivity (Wildman–Crippen MR) is 141 cm³/mol. The van der Waals surface area contributed by atoms with Gasteiger partial charge in [0.05, 0.1) is 18.6 Å². The first-order chi connectivity index (χ1) is 19.3. The van der Waals surface area contributed by atoms with Crippen molar-refractivity contribution < 1.29 is 27.8 Å². The van der Waals surface area contributed by atoms with Crippen molar-refractivity contribution in [2.45, 2.75) is 12.8 Å². The van der Waals surface area contributed by atoms with Crippen LogP contribution in [0.15, 0.2) is 34.9 Å². The molecule has 1 aromatic carbocycles. The maximum atomic E-state index is 14.6. The second-order valence-electron chi connectivity index (χ2n) is 9.34. The number of nitrogens with zero attached hydrogens (tertiary/aromatic N) is 8. The van der Waals surface area contributed by atoms with E-state index in [1.165, 1.54) is 16.8 Å². The standard InChI is InChI=1S/C25H29F2N9O4/c1-33(24-30-23(28)36-25(31-24)29-22(32-36)19-4-2-12-39-19)6-7-34-8-10-35(11-9-34)18-15-20(17(27)14-16(18)26)40-13-3-5-21(37)38/h2,4,12,14-15H,3,5-11,13H2,1H3,(H,37,38)(H2,28,29,30,31,32). The van der Waals surface area contributed by atoms with E-state index in [1.807, 2.05) is 16.8 Å². The van der Waals surface area contributed by atoms with Gasteiger partial charge in [0.2, 0.25) is 17.7 Å². The molecule has 0 saturated carbocycles. The van der Waals surface area contributed by atoms with Gasteiger partial charge in [-0.05, 0) is 18.6 Å². The lowest BCUT2D eigenvalue weighted by Crippen LogP contribution is -2.48. The van der Waals surface area contributed by atoms with E-state index in [2.05, 4.69) is 25.0 Å². The van der Waals surface area contributed by atoms with E-state index in [9.17, 15) is 13.6 Å². The third-order valence-corrected chi connectivity index (χ3v) is 6.56. The van der Waals surface area contributed by atoms with Gasteiger partial charge in [-0.25, -0.2) is 8.78 Å². The maximum Gasteiger partial charge on any atom is 0.303 e. The minimum atomic E-state index is -0.958. The SMILES string of the molecule is CN(CCN1CCN(c2cc(OCCCC(=O)O)c(F)cc2F)CC1)c1nc(N)n2nc(-c3ccco3)nc2n1. The predicted octanol–water partition coefficient (Wildman–Crippen LogP) is 2.14. The molecule has 1 saturated heterocycles. The number of carbonyl (C=O) groups is 1. The number of carboxylic acids is 1. The summed E-state index contributed by atoms with van der Waals surface area (Å²) in [5.74, 6) is -0.812. The number of benzene rings is 1. The molecule has 5 rings (SSSR count). The number of aliphatic carboxylic acids is 1. The molecule has 0 bridgehead atoms. The third kappa shape index (κ3) is 6.03. The number of halogens is 2. The van der Waals surface area contributed by atoms with Crippen LogP contribution in [0.5, 0.6) is 5.75 Å². The van der Waals surface area contributed by atoms with Gasteiger partial charge in [-0.2, -0.15) is 19.5 Å². The van der Waals surface area contributed by atoms with Gasteiger partial charge in [0.15, 0.2) is 17.3 Å². The molecule has 0 radical (unpaired) electrons. The number of anilines is 3. The Hall–Kier alpha value is -4.53. The van der Waals surface area contributed by atoms with Crippen LogP contribution in [0.4, 0.5) is 26.4 Å². The van der Waals surface area contributed by atoms with Gasteiger partial charge in [-0.3, -0.25) is 9.69 Å². The Morgan fingerprint density at radius 3 is 2.70 bits per heavy atom. The van der Waals surface area contributed by atoms with E-state index in [0.717, 1.165) is 6.07 Å². The number of carboxylic acid groups (broad SMARTS) is 1. The zero-order chi connectivity index (χ0) is 28.2. The molecule has 0 spiro atoms. The van der Waals surface area contributed by atoms with Crippen LogP contribution in [0, 0.1) is 11.6 Å². The highest BCUT2D eigenvalue weighted by Crippen LogP contribution is 2.29. The van der Waals surface area contributed by atoms with Crippen molar-refractivity contribution in [3.05, 3.63) is 42.2 Å². The van der Waals surface area contributed by atoms with Crippen molar-refractivity contribution in [3.8, 4) is 17.3 Å². The fourth-order valence-corrected chi connectivity index (χ4v) is 4.36. The van der Waals surface area contributed by atoms with Gasteiger partial charge in [-0.1, -0.05) is 0 Å². The van der Waals surface area contributed by atoms with Crippen LogP contribution in [0.3, 0.4) is 0 Å². The summed E-state index contributed by atoms with van der Waals surface area (Å²) in [6, 6.07) is 5.63. The van der Waals surface area contributed by atoms with Gasteiger partial charge in [0, 0.05) is 64.9 Å². The van der Waals surface area contributed by atoms with Gasteiger partial charge in [-0.15, -0.1) is 5.10 Å². The number of furan rings is 1. The molecule has 0 atom stereocenters. The number of likely N-dealkylation sites (N-methyl/N-ethyl adjacent to an activating group) is 1. The molecule has 0 aliphatic carbocycles. The van der Waals surface area contributed by atoms with Crippen molar-refractivity contribution in [1.29, 1.82) is 0 Å². The first-order valence-electron chi connectivity index (χ1n) is 12.7. The Balaban J connectivity index is 1.15. The molecular formula is C25H29F2N9O4. The van der Waals surface area contributed by atoms with E-state index < -0.39 is 17.6 Å². The number of hydrogen-bond acceptors (Lipinski definition) is 11. The molecule has 4 aromatic rings. The number of piperazine rings is 1. The highest BCUT2D eigenvalue weighted by atomic mass is 19.1. The smallest absolute Gasteiger partial charge is 0.303 e. The first-order valence-corrected chi connectivity index (χ1v) is 12.7. The Kier molecular flexibility index (Phi) is 7.91. The molecule has 1 aliphatic heterocycles. The molecular weight excluding hydrogens is 528 g/mol. The summed E-state index contributed by atoms with van der Waals surface area (Å²) >= 11 is 0. The summed E-state index contributed by atoms with van der Waals surface area (Å²) in [6.07, 6.45) is 1.67. The lowest BCUT2D eigenvalue weighted by molar-refractivity contribution is -0.137. The lowest BCUT2D eigenvalue weighted by Gasteiger charge is -2.37. The van der Waals surface area contributed by atoms with E-state index in [-0.39, 0.29) is 36.8 Å². The largest absolute Gasteiger partial charge is 0.490 e. The number of aromatic nitrogens is 5. The minimum absolute atomic E-state index is 0.0279. The average molecular weight is 558 g/mol. The zero-order valence-corrected chi connectivity index (χ0v) is 21.8. The van der Waals surface area contributed by atoms with Crippen molar-refractivity contribution in [2.75, 3.05) is 68.5 Å². The number of nitrogens with two attached hydrogens (primary N) is 1. The van der Waals surface area contributed by atoms with Crippen LogP contribution in [0.2, 0.25) is 0 Å². The second-order valence-corrected chi connectivity index (χ2v) is 9.34. The van der Waals surface area contributed by atoms with Gasteiger partial charge < -0.3 is 29.8 Å². The number of hydrogen-bond donors (Lipinski definition) is 2. The maximum absolute atomic E-state index is 14.6. The summed E-state index contributed by atoms with van der Waals surface area (Å²) in [7, 11) is 1.86. The molecule has 0 unspecified atom stereocenters. The Morgan fingerprint density at radius 1 is 1.18 bits per heavy atom. The van der Waals surface area contributed by atoms with Crippen LogP contribution in [0.25, 0.3) is 17.4 Å². The van der Waals surface area contributed by atoms with Crippen molar-refractivity contribution >= 4 is 29.3 Å². The number of fused-ring (bicyclic) bond motifs is 1. The van der Waals surface area contributed by atoms with Crippen LogP contribution in [-0.2, 0) is 4.79 Å². The summed E-state index contributed by atoms with van der Waals surface area (Å²) in [6.45, 7) is 3.74. The van der Waals surface area contributed by atoms with E-state index in [4.69, 9.17) is 20.0 Å². The monoisotopic (exact) mass is 557 g/mol. The zero-order valence-electron chi connectivity index (χ0n) is 21.8. The molecule has 0 amide bonds.